The SMILES string of the molecule is CC1OC(OC2C(CO)OC(OCC3OC(O)C(O)C3O)C(O)C2O)C(O)C(O)C1OC1OC(CO)C(OC2OC(CO)C(O)C(O)C2O)C(O)C1O. The summed E-state index contributed by atoms with van der Waals surface area (Å²) in [6.45, 7) is -1.66. The van der Waals surface area contributed by atoms with E-state index in [2.05, 4.69) is 0 Å². The van der Waals surface area contributed by atoms with Gasteiger partial charge in [-0.25, -0.2) is 0 Å². The summed E-state index contributed by atoms with van der Waals surface area (Å²) >= 11 is 0. The molecule has 0 spiro atoms. The first-order chi connectivity index (χ1) is 25.0. The Hall–Kier alpha value is -0.960. The highest BCUT2D eigenvalue weighted by Crippen LogP contribution is 2.34. The monoisotopic (exact) mass is 782 g/mol. The molecule has 24 unspecified atom stereocenters. The molecule has 53 heavy (non-hydrogen) atoms. The number of rotatable bonds is 12. The normalized spacial score (nSPS) is 53.9. The average molecular weight is 783 g/mol. The summed E-state index contributed by atoms with van der Waals surface area (Å²) < 4.78 is 49.2. The third-order valence-electron chi connectivity index (χ3n) is 9.90. The molecule has 0 aromatic carbocycles. The van der Waals surface area contributed by atoms with Crippen molar-refractivity contribution < 1.29 is 119 Å². The molecule has 0 amide bonds. The van der Waals surface area contributed by atoms with E-state index in [1.54, 1.807) is 0 Å². The van der Waals surface area contributed by atoms with Crippen LogP contribution in [0.25, 0.3) is 0 Å². The van der Waals surface area contributed by atoms with Gasteiger partial charge in [0.25, 0.3) is 0 Å². The van der Waals surface area contributed by atoms with E-state index in [1.165, 1.54) is 6.92 Å². The average Bonchev–Trinajstić information content (AvgIpc) is 3.39. The maximum atomic E-state index is 11.0. The molecule has 0 aromatic heterocycles. The molecule has 24 nitrogen and oxygen atoms in total. The highest BCUT2D eigenvalue weighted by molar-refractivity contribution is 4.97. The van der Waals surface area contributed by atoms with Crippen LogP contribution in [0, 0.1) is 0 Å². The minimum atomic E-state index is -1.98. The van der Waals surface area contributed by atoms with Crippen molar-refractivity contribution in [1.29, 1.82) is 0 Å². The summed E-state index contributed by atoms with van der Waals surface area (Å²) in [5.74, 6) is 0. The van der Waals surface area contributed by atoms with Gasteiger partial charge in [-0.3, -0.25) is 0 Å². The Labute approximate surface area is 300 Å². The second kappa shape index (κ2) is 18.1. The molecule has 0 aliphatic carbocycles. The quantitative estimate of drug-likeness (QED) is 0.0873. The standard InChI is InChI=1S/C29H50O24/c1-6-22(51-29-21(43)16(38)24(9(4-32)50-29)53-28-18(40)13(35)11(33)7(2-30)48-28)14(36)20(42)27(46-6)52-23-8(3-31)49-26(19(41)15(23)37)45-5-10-12(34)17(39)25(44)47-10/h6-44H,2-5H2,1H3. The van der Waals surface area contributed by atoms with E-state index in [9.17, 15) is 76.6 Å². The molecular weight excluding hydrogens is 732 g/mol. The second-order valence-corrected chi connectivity index (χ2v) is 13.5. The molecule has 5 aliphatic rings. The molecule has 310 valence electrons. The first kappa shape index (κ1) is 43.2. The van der Waals surface area contributed by atoms with Gasteiger partial charge in [0.05, 0.1) is 32.5 Å². The van der Waals surface area contributed by atoms with E-state index < -0.39 is 174 Å². The zero-order chi connectivity index (χ0) is 39.0. The Morgan fingerprint density at radius 3 is 1.26 bits per heavy atom. The molecule has 24 heteroatoms. The molecule has 0 radical (unpaired) electrons. The van der Waals surface area contributed by atoms with Crippen LogP contribution in [0.5, 0.6) is 0 Å². The van der Waals surface area contributed by atoms with Crippen LogP contribution in [-0.2, 0) is 42.6 Å². The summed E-state index contributed by atoms with van der Waals surface area (Å²) in [6, 6.07) is 0. The summed E-state index contributed by atoms with van der Waals surface area (Å²) in [5.41, 5.74) is 0. The molecule has 5 aliphatic heterocycles. The van der Waals surface area contributed by atoms with Gasteiger partial charge < -0.3 is 119 Å². The van der Waals surface area contributed by atoms with Crippen molar-refractivity contribution >= 4 is 0 Å². The summed E-state index contributed by atoms with van der Waals surface area (Å²) in [7, 11) is 0. The van der Waals surface area contributed by atoms with Crippen LogP contribution >= 0.6 is 0 Å². The molecule has 5 saturated heterocycles. The molecule has 5 rings (SSSR count). The Morgan fingerprint density at radius 2 is 0.774 bits per heavy atom. The highest BCUT2D eigenvalue weighted by Gasteiger charge is 2.55. The number of hydrogen-bond donors (Lipinski definition) is 15. The third kappa shape index (κ3) is 8.81. The molecular formula is C29H50O24. The first-order valence-electron chi connectivity index (χ1n) is 16.9. The predicted molar refractivity (Wildman–Crippen MR) is 159 cm³/mol. The lowest BCUT2D eigenvalue weighted by molar-refractivity contribution is -0.386. The van der Waals surface area contributed by atoms with Gasteiger partial charge in [-0.2, -0.15) is 0 Å². The van der Waals surface area contributed by atoms with E-state index in [0.717, 1.165) is 0 Å². The van der Waals surface area contributed by atoms with Crippen molar-refractivity contribution in [2.75, 3.05) is 26.4 Å². The zero-order valence-corrected chi connectivity index (χ0v) is 28.1. The maximum Gasteiger partial charge on any atom is 0.187 e. The molecule has 15 N–H and O–H groups in total. The summed E-state index contributed by atoms with van der Waals surface area (Å²) in [6.07, 6.45) is -40.3. The van der Waals surface area contributed by atoms with Crippen molar-refractivity contribution in [2.24, 2.45) is 0 Å². The van der Waals surface area contributed by atoms with Crippen molar-refractivity contribution in [2.45, 2.75) is 154 Å². The highest BCUT2D eigenvalue weighted by atomic mass is 16.8. The van der Waals surface area contributed by atoms with Crippen LogP contribution in [0.15, 0.2) is 0 Å². The number of ether oxygens (including phenoxy) is 9. The smallest absolute Gasteiger partial charge is 0.187 e. The van der Waals surface area contributed by atoms with Crippen molar-refractivity contribution in [3.63, 3.8) is 0 Å². The van der Waals surface area contributed by atoms with Crippen molar-refractivity contribution in [1.82, 2.24) is 0 Å². The van der Waals surface area contributed by atoms with E-state index in [0.29, 0.717) is 0 Å². The third-order valence-corrected chi connectivity index (χ3v) is 9.90. The van der Waals surface area contributed by atoms with Crippen LogP contribution in [-0.4, -0.2) is 250 Å². The van der Waals surface area contributed by atoms with Gasteiger partial charge in [0, 0.05) is 0 Å². The largest absolute Gasteiger partial charge is 0.394 e. The minimum Gasteiger partial charge on any atom is -0.394 e. The fourth-order valence-corrected chi connectivity index (χ4v) is 6.70. The summed E-state index contributed by atoms with van der Waals surface area (Å²) in [5, 5.41) is 154. The van der Waals surface area contributed by atoms with Crippen molar-refractivity contribution in [3.05, 3.63) is 0 Å². The van der Waals surface area contributed by atoms with Gasteiger partial charge in [-0.15, -0.1) is 0 Å². The lowest BCUT2D eigenvalue weighted by Gasteiger charge is -2.48. The maximum absolute atomic E-state index is 11.0. The van der Waals surface area contributed by atoms with Crippen LogP contribution in [0.3, 0.4) is 0 Å². The van der Waals surface area contributed by atoms with Crippen molar-refractivity contribution in [3.8, 4) is 0 Å². The molecule has 24 atom stereocenters. The second-order valence-electron chi connectivity index (χ2n) is 13.5. The van der Waals surface area contributed by atoms with Crippen LogP contribution in [0.2, 0.25) is 0 Å². The van der Waals surface area contributed by atoms with Gasteiger partial charge in [0.1, 0.15) is 110 Å². The minimum absolute atomic E-state index is 0.523. The van der Waals surface area contributed by atoms with Gasteiger partial charge in [-0.05, 0) is 6.92 Å². The van der Waals surface area contributed by atoms with Gasteiger partial charge in [0.15, 0.2) is 31.5 Å². The van der Waals surface area contributed by atoms with E-state index in [-0.39, 0.29) is 0 Å². The molecule has 5 fully saturated rings. The molecule has 5 heterocycles. The number of aliphatic hydroxyl groups excluding tert-OH is 15. The Bertz CT molecular complexity index is 1140. The zero-order valence-electron chi connectivity index (χ0n) is 28.1. The van der Waals surface area contributed by atoms with Crippen LogP contribution < -0.4 is 0 Å². The van der Waals surface area contributed by atoms with Crippen LogP contribution in [0.4, 0.5) is 0 Å². The predicted octanol–water partition coefficient (Wildman–Crippen LogP) is -10.3. The lowest BCUT2D eigenvalue weighted by atomic mass is 9.96. The van der Waals surface area contributed by atoms with Gasteiger partial charge in [0.2, 0.25) is 0 Å². The number of hydrogen-bond acceptors (Lipinski definition) is 24. The Balaban J connectivity index is 1.18. The summed E-state index contributed by atoms with van der Waals surface area (Å²) in [4.78, 5) is 0. The van der Waals surface area contributed by atoms with E-state index >= 15 is 0 Å². The van der Waals surface area contributed by atoms with Gasteiger partial charge in [-0.1, -0.05) is 0 Å². The Morgan fingerprint density at radius 1 is 0.377 bits per heavy atom. The van der Waals surface area contributed by atoms with Gasteiger partial charge >= 0.3 is 0 Å². The molecule has 0 saturated carbocycles. The lowest BCUT2D eigenvalue weighted by Crippen LogP contribution is -2.67. The fraction of sp³-hybridized carbons (Fsp3) is 1.00. The molecule has 0 aromatic rings. The van der Waals surface area contributed by atoms with E-state index in [1.807, 2.05) is 0 Å². The number of aliphatic hydroxyl groups is 15. The topological polar surface area (TPSA) is 387 Å². The Kier molecular flexibility index (Phi) is 14.7. The fourth-order valence-electron chi connectivity index (χ4n) is 6.70. The van der Waals surface area contributed by atoms with E-state index in [4.69, 9.17) is 42.6 Å². The first-order valence-corrected chi connectivity index (χ1v) is 16.9. The van der Waals surface area contributed by atoms with Crippen LogP contribution in [0.1, 0.15) is 6.92 Å². The molecule has 0 bridgehead atoms.